The molecule has 3 rings (SSSR count). The van der Waals surface area contributed by atoms with Crippen molar-refractivity contribution in [2.75, 3.05) is 18.9 Å². The average Bonchev–Trinajstić information content (AvgIpc) is 3.17. The molecule has 0 aliphatic rings. The van der Waals surface area contributed by atoms with Crippen LogP contribution >= 0.6 is 0 Å². The second kappa shape index (κ2) is 7.64. The predicted molar refractivity (Wildman–Crippen MR) is 96.2 cm³/mol. The monoisotopic (exact) mass is 389 g/mol. The van der Waals surface area contributed by atoms with Gasteiger partial charge < -0.3 is 5.32 Å². The lowest BCUT2D eigenvalue weighted by Crippen LogP contribution is -2.34. The van der Waals surface area contributed by atoms with Gasteiger partial charge in [0.05, 0.1) is 17.1 Å². The number of carbonyl (C=O) groups excluding carboxylic acids is 1. The van der Waals surface area contributed by atoms with Crippen molar-refractivity contribution in [3.63, 3.8) is 0 Å². The van der Waals surface area contributed by atoms with E-state index in [4.69, 9.17) is 0 Å². The fourth-order valence-corrected chi connectivity index (χ4v) is 3.44. The Morgan fingerprint density at radius 1 is 1.15 bits per heavy atom. The molecule has 10 heteroatoms. The molecule has 1 aromatic heterocycles. The number of nitrogens with zero attached hydrogens (tertiary/aromatic N) is 4. The average molecular weight is 389 g/mol. The lowest BCUT2D eigenvalue weighted by atomic mass is 10.3. The van der Waals surface area contributed by atoms with Crippen LogP contribution in [-0.2, 0) is 14.8 Å². The smallest absolute Gasteiger partial charge is 0.243 e. The fraction of sp³-hybridized carbons (Fsp3) is 0.118. The van der Waals surface area contributed by atoms with E-state index in [1.165, 1.54) is 13.4 Å². The van der Waals surface area contributed by atoms with Crippen molar-refractivity contribution >= 4 is 21.6 Å². The molecule has 0 radical (unpaired) electrons. The van der Waals surface area contributed by atoms with Gasteiger partial charge in [0.25, 0.3) is 0 Å². The summed E-state index contributed by atoms with van der Waals surface area (Å²) in [6.07, 6.45) is 2.95. The van der Waals surface area contributed by atoms with Gasteiger partial charge in [0.1, 0.15) is 18.5 Å². The maximum absolute atomic E-state index is 13.0. The number of likely N-dealkylation sites (N-methyl/N-ethyl adjacent to an activating group) is 1. The quantitative estimate of drug-likeness (QED) is 0.692. The number of benzene rings is 2. The van der Waals surface area contributed by atoms with Crippen molar-refractivity contribution in [3.05, 3.63) is 67.0 Å². The van der Waals surface area contributed by atoms with E-state index in [1.807, 2.05) is 0 Å². The van der Waals surface area contributed by atoms with Crippen LogP contribution in [0.25, 0.3) is 5.69 Å². The molecule has 8 nitrogen and oxygen atoms in total. The number of amides is 1. The number of aromatic nitrogens is 3. The van der Waals surface area contributed by atoms with E-state index < -0.39 is 21.7 Å². The third kappa shape index (κ3) is 4.36. The molecule has 2 aromatic carbocycles. The third-order valence-electron chi connectivity index (χ3n) is 3.72. The summed E-state index contributed by atoms with van der Waals surface area (Å²) in [5.74, 6) is -1.04. The number of halogens is 1. The van der Waals surface area contributed by atoms with Gasteiger partial charge in [-0.25, -0.2) is 22.5 Å². The van der Waals surface area contributed by atoms with E-state index in [9.17, 15) is 17.6 Å². The summed E-state index contributed by atoms with van der Waals surface area (Å²) >= 11 is 0. The molecule has 0 aliphatic carbocycles. The van der Waals surface area contributed by atoms with Gasteiger partial charge in [-0.15, -0.1) is 0 Å². The summed E-state index contributed by atoms with van der Waals surface area (Å²) in [6, 6.07) is 11.2. The molecule has 0 spiro atoms. The predicted octanol–water partition coefficient (Wildman–Crippen LogP) is 1.67. The first-order valence-electron chi connectivity index (χ1n) is 7.83. The van der Waals surface area contributed by atoms with Gasteiger partial charge in [0, 0.05) is 12.7 Å². The zero-order valence-electron chi connectivity index (χ0n) is 14.3. The molecule has 1 heterocycles. The van der Waals surface area contributed by atoms with Crippen molar-refractivity contribution in [3.8, 4) is 5.69 Å². The van der Waals surface area contributed by atoms with Crippen LogP contribution in [0.15, 0.2) is 66.1 Å². The molecule has 0 saturated carbocycles. The van der Waals surface area contributed by atoms with Gasteiger partial charge in [-0.1, -0.05) is 0 Å². The van der Waals surface area contributed by atoms with Crippen LogP contribution in [0.2, 0.25) is 0 Å². The van der Waals surface area contributed by atoms with Crippen LogP contribution in [0.4, 0.5) is 10.1 Å². The van der Waals surface area contributed by atoms with Crippen LogP contribution in [0.1, 0.15) is 0 Å². The molecule has 27 heavy (non-hydrogen) atoms. The highest BCUT2D eigenvalue weighted by molar-refractivity contribution is 7.89. The molecule has 1 N–H and O–H groups in total. The molecule has 0 atom stereocenters. The molecular weight excluding hydrogens is 373 g/mol. The minimum Gasteiger partial charge on any atom is -0.325 e. The first-order chi connectivity index (χ1) is 12.9. The SMILES string of the molecule is CN(CC(=O)Nc1ccc(-n2cncn2)cc1)S(=O)(=O)c1ccc(F)cc1. The lowest BCUT2D eigenvalue weighted by molar-refractivity contribution is -0.116. The van der Waals surface area contributed by atoms with Gasteiger partial charge in [0.2, 0.25) is 15.9 Å². The van der Waals surface area contributed by atoms with Gasteiger partial charge >= 0.3 is 0 Å². The summed E-state index contributed by atoms with van der Waals surface area (Å²) < 4.78 is 40.3. The molecule has 0 aliphatic heterocycles. The van der Waals surface area contributed by atoms with Crippen molar-refractivity contribution in [1.82, 2.24) is 19.1 Å². The standard InChI is InChI=1S/C17H16FN5O3S/c1-22(27(25,26)16-8-2-13(18)3-9-16)10-17(24)21-14-4-6-15(7-5-14)23-12-19-11-20-23/h2-9,11-12H,10H2,1H3,(H,21,24). The van der Waals surface area contributed by atoms with Gasteiger partial charge in [-0.3, -0.25) is 4.79 Å². The second-order valence-corrected chi connectivity index (χ2v) is 7.69. The van der Waals surface area contributed by atoms with E-state index >= 15 is 0 Å². The number of hydrogen-bond donors (Lipinski definition) is 1. The summed E-state index contributed by atoms with van der Waals surface area (Å²) in [6.45, 7) is -0.384. The minimum absolute atomic E-state index is 0.0867. The zero-order valence-corrected chi connectivity index (χ0v) is 15.1. The van der Waals surface area contributed by atoms with Crippen molar-refractivity contribution < 1.29 is 17.6 Å². The summed E-state index contributed by atoms with van der Waals surface area (Å²) in [5.41, 5.74) is 1.28. The molecule has 140 valence electrons. The van der Waals surface area contributed by atoms with E-state index in [0.717, 1.165) is 34.3 Å². The molecule has 0 fully saturated rings. The second-order valence-electron chi connectivity index (χ2n) is 5.65. The van der Waals surface area contributed by atoms with E-state index in [0.29, 0.717) is 5.69 Å². The number of anilines is 1. The van der Waals surface area contributed by atoms with E-state index in [-0.39, 0.29) is 11.4 Å². The summed E-state index contributed by atoms with van der Waals surface area (Å²) in [7, 11) is -2.61. The number of hydrogen-bond acceptors (Lipinski definition) is 5. The molecule has 0 unspecified atom stereocenters. The molecular formula is C17H16FN5O3S. The van der Waals surface area contributed by atoms with Crippen molar-refractivity contribution in [2.24, 2.45) is 0 Å². The van der Waals surface area contributed by atoms with Gasteiger partial charge in [-0.05, 0) is 48.5 Å². The Balaban J connectivity index is 1.64. The van der Waals surface area contributed by atoms with E-state index in [2.05, 4.69) is 15.4 Å². The van der Waals surface area contributed by atoms with Crippen LogP contribution in [0.5, 0.6) is 0 Å². The summed E-state index contributed by atoms with van der Waals surface area (Å²) in [4.78, 5) is 15.9. The normalized spacial score (nSPS) is 11.5. The van der Waals surface area contributed by atoms with Crippen LogP contribution in [0.3, 0.4) is 0 Å². The van der Waals surface area contributed by atoms with Crippen LogP contribution in [-0.4, -0.2) is 47.0 Å². The maximum atomic E-state index is 13.0. The third-order valence-corrected chi connectivity index (χ3v) is 5.54. The molecule has 3 aromatic rings. The highest BCUT2D eigenvalue weighted by Gasteiger charge is 2.23. The van der Waals surface area contributed by atoms with Crippen LogP contribution < -0.4 is 5.32 Å². The Labute approximate surface area is 155 Å². The molecule has 0 bridgehead atoms. The number of nitrogens with one attached hydrogen (secondary N) is 1. The number of carbonyl (C=O) groups is 1. The van der Waals surface area contributed by atoms with E-state index in [1.54, 1.807) is 35.3 Å². The van der Waals surface area contributed by atoms with Crippen LogP contribution in [0, 0.1) is 5.82 Å². The topological polar surface area (TPSA) is 97.2 Å². The van der Waals surface area contributed by atoms with Gasteiger partial charge in [-0.2, -0.15) is 9.40 Å². The minimum atomic E-state index is -3.89. The van der Waals surface area contributed by atoms with Crippen molar-refractivity contribution in [2.45, 2.75) is 4.90 Å². The molecule has 1 amide bonds. The Morgan fingerprint density at radius 2 is 1.81 bits per heavy atom. The Hall–Kier alpha value is -3.11. The maximum Gasteiger partial charge on any atom is 0.243 e. The Morgan fingerprint density at radius 3 is 2.41 bits per heavy atom. The van der Waals surface area contributed by atoms with Gasteiger partial charge in [0.15, 0.2) is 0 Å². The highest BCUT2D eigenvalue weighted by atomic mass is 32.2. The fourth-order valence-electron chi connectivity index (χ4n) is 2.31. The highest BCUT2D eigenvalue weighted by Crippen LogP contribution is 2.16. The lowest BCUT2D eigenvalue weighted by Gasteiger charge is -2.17. The number of rotatable bonds is 6. The largest absolute Gasteiger partial charge is 0.325 e. The first kappa shape index (κ1) is 18.7. The Kier molecular flexibility index (Phi) is 5.28. The Bertz CT molecular complexity index is 1020. The number of sulfonamides is 1. The van der Waals surface area contributed by atoms with Crippen molar-refractivity contribution in [1.29, 1.82) is 0 Å². The zero-order chi connectivity index (χ0) is 19.4. The summed E-state index contributed by atoms with van der Waals surface area (Å²) in [5, 5.41) is 6.63. The molecule has 0 saturated heterocycles. The first-order valence-corrected chi connectivity index (χ1v) is 9.27.